The molecule has 0 bridgehead atoms. The highest BCUT2D eigenvalue weighted by molar-refractivity contribution is 7.09. The Morgan fingerprint density at radius 3 is 3.05 bits per heavy atom. The summed E-state index contributed by atoms with van der Waals surface area (Å²) < 4.78 is 5.77. The molecule has 3 rings (SSSR count). The molecule has 1 aliphatic heterocycles. The van der Waals surface area contributed by atoms with Gasteiger partial charge in [0.1, 0.15) is 11.9 Å². The summed E-state index contributed by atoms with van der Waals surface area (Å²) in [6, 6.07) is 7.78. The number of carbonyl (C=O) groups excluding carboxylic acids is 1. The van der Waals surface area contributed by atoms with Crippen molar-refractivity contribution >= 4 is 17.4 Å². The molecule has 2 N–H and O–H groups in total. The van der Waals surface area contributed by atoms with Gasteiger partial charge in [-0.1, -0.05) is 18.2 Å². The monoisotopic (exact) mass is 303 g/mol. The number of amides is 2. The van der Waals surface area contributed by atoms with Gasteiger partial charge in [-0.15, -0.1) is 11.3 Å². The highest BCUT2D eigenvalue weighted by Gasteiger charge is 2.22. The van der Waals surface area contributed by atoms with Gasteiger partial charge in [0.15, 0.2) is 0 Å². The molecule has 0 saturated heterocycles. The Balaban J connectivity index is 1.41. The van der Waals surface area contributed by atoms with Crippen molar-refractivity contribution in [3.05, 3.63) is 45.9 Å². The van der Waals surface area contributed by atoms with Gasteiger partial charge in [0, 0.05) is 11.8 Å². The molecule has 2 aromatic rings. The number of nitrogens with one attached hydrogen (secondary N) is 2. The van der Waals surface area contributed by atoms with Crippen LogP contribution < -0.4 is 15.4 Å². The molecule has 2 amide bonds. The predicted molar refractivity (Wildman–Crippen MR) is 81.7 cm³/mol. The number of fused-ring (bicyclic) bond motifs is 1. The summed E-state index contributed by atoms with van der Waals surface area (Å²) in [4.78, 5) is 16.0. The lowest BCUT2D eigenvalue weighted by molar-refractivity contribution is 0.213. The second-order valence-electron chi connectivity index (χ2n) is 4.97. The largest absolute Gasteiger partial charge is 0.488 e. The molecule has 1 aromatic heterocycles. The summed E-state index contributed by atoms with van der Waals surface area (Å²) in [7, 11) is 0. The van der Waals surface area contributed by atoms with Crippen molar-refractivity contribution in [1.82, 2.24) is 15.6 Å². The zero-order chi connectivity index (χ0) is 14.7. The Bertz CT molecular complexity index is 616. The molecule has 6 heteroatoms. The van der Waals surface area contributed by atoms with Gasteiger partial charge in [-0.2, -0.15) is 0 Å². The number of rotatable bonds is 4. The Morgan fingerprint density at radius 2 is 2.29 bits per heavy atom. The first-order valence-electron chi connectivity index (χ1n) is 6.88. The van der Waals surface area contributed by atoms with Crippen molar-refractivity contribution < 1.29 is 9.53 Å². The lowest BCUT2D eigenvalue weighted by Crippen LogP contribution is -2.40. The molecule has 1 aromatic carbocycles. The molecular formula is C15H17N3O2S. The van der Waals surface area contributed by atoms with Crippen molar-refractivity contribution in [2.45, 2.75) is 26.0 Å². The molecule has 2 heterocycles. The van der Waals surface area contributed by atoms with Gasteiger partial charge >= 0.3 is 6.03 Å². The van der Waals surface area contributed by atoms with Crippen LogP contribution >= 0.6 is 11.3 Å². The van der Waals surface area contributed by atoms with E-state index in [2.05, 4.69) is 21.7 Å². The Labute approximate surface area is 127 Å². The minimum absolute atomic E-state index is 0.00895. The molecule has 0 radical (unpaired) electrons. The summed E-state index contributed by atoms with van der Waals surface area (Å²) in [5.41, 5.74) is 2.08. The summed E-state index contributed by atoms with van der Waals surface area (Å²) in [6.45, 7) is 2.89. The van der Waals surface area contributed by atoms with E-state index in [0.717, 1.165) is 22.9 Å². The van der Waals surface area contributed by atoms with Crippen LogP contribution in [-0.4, -0.2) is 23.7 Å². The molecule has 0 saturated carbocycles. The average molecular weight is 303 g/mol. The standard InChI is InChI=1S/C15H17N3O2S/c1-10-18-12(9-21-10)7-16-15(19)17-8-13-6-11-4-2-3-5-14(11)20-13/h2-5,9,13H,6-8H2,1H3,(H2,16,17,19)/t13-/m1/s1. The van der Waals surface area contributed by atoms with Gasteiger partial charge < -0.3 is 15.4 Å². The summed E-state index contributed by atoms with van der Waals surface area (Å²) >= 11 is 1.58. The smallest absolute Gasteiger partial charge is 0.315 e. The molecule has 1 aliphatic rings. The normalized spacial score (nSPS) is 16.1. The van der Waals surface area contributed by atoms with Crippen LogP contribution in [0.2, 0.25) is 0 Å². The Kier molecular flexibility index (Phi) is 4.06. The molecule has 5 nitrogen and oxygen atoms in total. The molecule has 1 atom stereocenters. The minimum atomic E-state index is -0.194. The summed E-state index contributed by atoms with van der Waals surface area (Å²) in [6.07, 6.45) is 0.844. The third-order valence-corrected chi connectivity index (χ3v) is 4.12. The molecule has 0 aliphatic carbocycles. The van der Waals surface area contributed by atoms with E-state index in [1.807, 2.05) is 30.5 Å². The zero-order valence-electron chi connectivity index (χ0n) is 11.8. The van der Waals surface area contributed by atoms with Crippen LogP contribution in [-0.2, 0) is 13.0 Å². The highest BCUT2D eigenvalue weighted by Crippen LogP contribution is 2.27. The number of para-hydroxylation sites is 1. The maximum atomic E-state index is 11.8. The van der Waals surface area contributed by atoms with Crippen molar-refractivity contribution in [3.63, 3.8) is 0 Å². The van der Waals surface area contributed by atoms with Crippen molar-refractivity contribution in [3.8, 4) is 5.75 Å². The number of nitrogens with zero attached hydrogens (tertiary/aromatic N) is 1. The second-order valence-corrected chi connectivity index (χ2v) is 6.04. The second kappa shape index (κ2) is 6.13. The number of urea groups is 1. The number of aromatic nitrogens is 1. The number of aryl methyl sites for hydroxylation is 1. The van der Waals surface area contributed by atoms with Crippen LogP contribution in [0.3, 0.4) is 0 Å². The first-order chi connectivity index (χ1) is 10.2. The van der Waals surface area contributed by atoms with E-state index in [4.69, 9.17) is 4.74 Å². The number of carbonyl (C=O) groups is 1. The number of thiazole rings is 1. The lowest BCUT2D eigenvalue weighted by Gasteiger charge is -2.12. The maximum Gasteiger partial charge on any atom is 0.315 e. The van der Waals surface area contributed by atoms with E-state index >= 15 is 0 Å². The van der Waals surface area contributed by atoms with E-state index < -0.39 is 0 Å². The van der Waals surface area contributed by atoms with E-state index in [1.54, 1.807) is 11.3 Å². The molecule has 110 valence electrons. The highest BCUT2D eigenvalue weighted by atomic mass is 32.1. The van der Waals surface area contributed by atoms with Crippen molar-refractivity contribution in [1.29, 1.82) is 0 Å². The molecule has 0 unspecified atom stereocenters. The van der Waals surface area contributed by atoms with E-state index in [9.17, 15) is 4.79 Å². The van der Waals surface area contributed by atoms with Crippen LogP contribution in [0.5, 0.6) is 5.75 Å². The SMILES string of the molecule is Cc1nc(CNC(=O)NC[C@H]2Cc3ccccc3O2)cs1. The van der Waals surface area contributed by atoms with Gasteiger partial charge in [-0.05, 0) is 18.6 Å². The van der Waals surface area contributed by atoms with Crippen molar-refractivity contribution in [2.75, 3.05) is 6.54 Å². The Hall–Kier alpha value is -2.08. The lowest BCUT2D eigenvalue weighted by atomic mass is 10.1. The number of hydrogen-bond donors (Lipinski definition) is 2. The minimum Gasteiger partial charge on any atom is -0.488 e. The molecule has 0 fully saturated rings. The topological polar surface area (TPSA) is 63.2 Å². The van der Waals surface area contributed by atoms with Crippen molar-refractivity contribution in [2.24, 2.45) is 0 Å². The fraction of sp³-hybridized carbons (Fsp3) is 0.333. The van der Waals surface area contributed by atoms with Crippen LogP contribution in [0, 0.1) is 6.92 Å². The summed E-state index contributed by atoms with van der Waals surface area (Å²) in [5, 5.41) is 8.59. The molecule has 0 spiro atoms. The van der Waals surface area contributed by atoms with Crippen LogP contribution in [0.25, 0.3) is 0 Å². The average Bonchev–Trinajstić information content (AvgIpc) is 3.08. The first kappa shape index (κ1) is 13.9. The van der Waals surface area contributed by atoms with Gasteiger partial charge in [-0.3, -0.25) is 0 Å². The third kappa shape index (κ3) is 3.52. The molecule has 21 heavy (non-hydrogen) atoms. The maximum absolute atomic E-state index is 11.8. The predicted octanol–water partition coefficient (Wildman–Crippen LogP) is 2.25. The number of hydrogen-bond acceptors (Lipinski definition) is 4. The number of benzene rings is 1. The van der Waals surface area contributed by atoms with Crippen LogP contribution in [0.4, 0.5) is 4.79 Å². The van der Waals surface area contributed by atoms with Gasteiger partial charge in [0.2, 0.25) is 0 Å². The zero-order valence-corrected chi connectivity index (χ0v) is 12.6. The summed E-state index contributed by atoms with van der Waals surface area (Å²) in [5.74, 6) is 0.919. The van der Waals surface area contributed by atoms with Crippen LogP contribution in [0.1, 0.15) is 16.3 Å². The van der Waals surface area contributed by atoms with Gasteiger partial charge in [-0.25, -0.2) is 9.78 Å². The van der Waals surface area contributed by atoms with E-state index in [-0.39, 0.29) is 12.1 Å². The van der Waals surface area contributed by atoms with Gasteiger partial charge in [0.25, 0.3) is 0 Å². The van der Waals surface area contributed by atoms with Gasteiger partial charge in [0.05, 0.1) is 23.8 Å². The van der Waals surface area contributed by atoms with E-state index in [1.165, 1.54) is 5.56 Å². The van der Waals surface area contributed by atoms with E-state index in [0.29, 0.717) is 13.1 Å². The van der Waals surface area contributed by atoms with Crippen LogP contribution in [0.15, 0.2) is 29.6 Å². The first-order valence-corrected chi connectivity index (χ1v) is 7.76. The fourth-order valence-corrected chi connectivity index (χ4v) is 2.91. The number of ether oxygens (including phenoxy) is 1. The quantitative estimate of drug-likeness (QED) is 0.910. The Morgan fingerprint density at radius 1 is 1.43 bits per heavy atom. The fourth-order valence-electron chi connectivity index (χ4n) is 2.30. The molecular weight excluding hydrogens is 286 g/mol. The third-order valence-electron chi connectivity index (χ3n) is 3.30.